The first kappa shape index (κ1) is 24.5. The summed E-state index contributed by atoms with van der Waals surface area (Å²) in [6, 6.07) is 0. The molecule has 0 saturated carbocycles. The van der Waals surface area contributed by atoms with Crippen LogP contribution < -0.4 is 5.73 Å². The lowest BCUT2D eigenvalue weighted by Crippen LogP contribution is -2.19. The Balaban J connectivity index is 0.000000329. The molecule has 160 valence electrons. The Morgan fingerprint density at radius 2 is 1.64 bits per heavy atom. The number of aliphatic hydroxyl groups excluding tert-OH is 2. The van der Waals surface area contributed by atoms with Crippen LogP contribution in [0.25, 0.3) is 11.2 Å². The minimum atomic E-state index is -4.64. The number of imidazole rings is 1. The van der Waals surface area contributed by atoms with Crippen LogP contribution in [-0.2, 0) is 13.9 Å². The quantitative estimate of drug-likeness (QED) is 0.210. The number of hydrogen-bond donors (Lipinski definition) is 9. The highest BCUT2D eigenvalue weighted by Gasteiger charge is 2.35. The third-order valence-corrected chi connectivity index (χ3v) is 3.03. The molecule has 1 aliphatic heterocycles. The Bertz CT molecular complexity index is 830. The van der Waals surface area contributed by atoms with Gasteiger partial charge in [-0.15, -0.1) is 0 Å². The molecule has 0 aromatic carbocycles. The van der Waals surface area contributed by atoms with Gasteiger partial charge >= 0.3 is 15.6 Å². The molecule has 0 aliphatic carbocycles. The number of aromatic nitrogens is 4. The molecule has 0 amide bonds. The summed E-state index contributed by atoms with van der Waals surface area (Å²) in [6.45, 7) is -0.128. The highest BCUT2D eigenvalue weighted by molar-refractivity contribution is 7.45. The normalized spacial score (nSPS) is 22.2. The lowest BCUT2D eigenvalue weighted by atomic mass is 10.2. The summed E-state index contributed by atoms with van der Waals surface area (Å²) in [5, 5.41) is 19.0. The van der Waals surface area contributed by atoms with Crippen molar-refractivity contribution < 1.29 is 53.4 Å². The molecule has 10 N–H and O–H groups in total. The SMILES string of the molecule is Nc1ncnc2c1ncn2[C@@H]1O[C@H](CO)C[C@H]1O.O=P(O)(O)O.O=P(O)(O)O. The molecular weight excluding hydrogens is 428 g/mol. The smallest absolute Gasteiger partial charge is 0.394 e. The maximum absolute atomic E-state index is 9.93. The van der Waals surface area contributed by atoms with E-state index in [4.69, 9.17) is 54.1 Å². The van der Waals surface area contributed by atoms with Crippen molar-refractivity contribution in [3.05, 3.63) is 12.7 Å². The van der Waals surface area contributed by atoms with Gasteiger partial charge in [0.1, 0.15) is 17.9 Å². The second kappa shape index (κ2) is 9.78. The summed E-state index contributed by atoms with van der Waals surface area (Å²) in [5.41, 5.74) is 6.66. The van der Waals surface area contributed by atoms with Crippen molar-refractivity contribution in [2.45, 2.75) is 24.9 Å². The number of rotatable bonds is 2. The Kier molecular flexibility index (Phi) is 8.55. The summed E-state index contributed by atoms with van der Waals surface area (Å²) >= 11 is 0. The predicted molar refractivity (Wildman–Crippen MR) is 89.9 cm³/mol. The van der Waals surface area contributed by atoms with Gasteiger partial charge < -0.3 is 50.0 Å². The number of ether oxygens (including phenoxy) is 1. The average molecular weight is 447 g/mol. The van der Waals surface area contributed by atoms with Crippen molar-refractivity contribution in [2.75, 3.05) is 12.3 Å². The van der Waals surface area contributed by atoms with Crippen LogP contribution in [0.1, 0.15) is 12.6 Å². The number of fused-ring (bicyclic) bond motifs is 1. The molecular formula is C10H19N5O11P2. The van der Waals surface area contributed by atoms with E-state index in [1.807, 2.05) is 0 Å². The molecule has 1 saturated heterocycles. The molecule has 0 spiro atoms. The van der Waals surface area contributed by atoms with Crippen molar-refractivity contribution in [3.8, 4) is 0 Å². The van der Waals surface area contributed by atoms with Gasteiger partial charge in [0.2, 0.25) is 0 Å². The molecule has 0 unspecified atom stereocenters. The van der Waals surface area contributed by atoms with Gasteiger partial charge in [0.25, 0.3) is 0 Å². The van der Waals surface area contributed by atoms with Crippen molar-refractivity contribution in [1.82, 2.24) is 19.5 Å². The van der Waals surface area contributed by atoms with E-state index in [9.17, 15) is 5.11 Å². The molecule has 3 rings (SSSR count). The zero-order valence-electron chi connectivity index (χ0n) is 13.9. The Hall–Kier alpha value is -1.55. The molecule has 2 aromatic rings. The molecule has 0 radical (unpaired) electrons. The third kappa shape index (κ3) is 8.64. The summed E-state index contributed by atoms with van der Waals surface area (Å²) < 4.78 is 24.9. The van der Waals surface area contributed by atoms with Gasteiger partial charge in [-0.05, 0) is 0 Å². The van der Waals surface area contributed by atoms with E-state index < -0.39 is 28.0 Å². The Morgan fingerprint density at radius 1 is 1.11 bits per heavy atom. The van der Waals surface area contributed by atoms with Crippen LogP contribution in [-0.4, -0.2) is 77.9 Å². The molecule has 3 atom stereocenters. The van der Waals surface area contributed by atoms with Crippen LogP contribution >= 0.6 is 15.6 Å². The van der Waals surface area contributed by atoms with E-state index in [-0.39, 0.29) is 18.5 Å². The van der Waals surface area contributed by atoms with Gasteiger partial charge in [-0.25, -0.2) is 24.1 Å². The monoisotopic (exact) mass is 447 g/mol. The van der Waals surface area contributed by atoms with E-state index in [1.54, 1.807) is 4.57 Å². The summed E-state index contributed by atoms with van der Waals surface area (Å²) in [6.07, 6.45) is 1.52. The number of nitrogens with zero attached hydrogens (tertiary/aromatic N) is 4. The maximum atomic E-state index is 9.93. The summed E-state index contributed by atoms with van der Waals surface area (Å²) in [5.74, 6) is 0.282. The number of aliphatic hydroxyl groups is 2. The van der Waals surface area contributed by atoms with Crippen LogP contribution in [0.15, 0.2) is 12.7 Å². The second-order valence-electron chi connectivity index (χ2n) is 5.24. The first-order valence-electron chi connectivity index (χ1n) is 7.14. The largest absolute Gasteiger partial charge is 0.466 e. The number of nitrogens with two attached hydrogens (primary N) is 1. The molecule has 28 heavy (non-hydrogen) atoms. The Labute approximate surface area is 156 Å². The van der Waals surface area contributed by atoms with E-state index in [2.05, 4.69) is 15.0 Å². The predicted octanol–water partition coefficient (Wildman–Crippen LogP) is -2.81. The van der Waals surface area contributed by atoms with Crippen molar-refractivity contribution >= 4 is 32.6 Å². The maximum Gasteiger partial charge on any atom is 0.466 e. The number of hydrogen-bond acceptors (Lipinski definition) is 9. The lowest BCUT2D eigenvalue weighted by Gasteiger charge is -2.16. The van der Waals surface area contributed by atoms with Crippen LogP contribution in [0.3, 0.4) is 0 Å². The van der Waals surface area contributed by atoms with Gasteiger partial charge in [0.15, 0.2) is 17.7 Å². The van der Waals surface area contributed by atoms with E-state index in [1.165, 1.54) is 12.7 Å². The lowest BCUT2D eigenvalue weighted by molar-refractivity contribution is -0.0486. The highest BCUT2D eigenvalue weighted by atomic mass is 31.2. The minimum Gasteiger partial charge on any atom is -0.394 e. The van der Waals surface area contributed by atoms with Crippen LogP contribution in [0.4, 0.5) is 5.82 Å². The molecule has 18 heteroatoms. The zero-order chi connectivity index (χ0) is 21.7. The topological polar surface area (TPSA) is 275 Å². The van der Waals surface area contributed by atoms with Gasteiger partial charge in [0.05, 0.1) is 19.0 Å². The standard InChI is InChI=1S/C10H13N5O3.2H3O4P/c11-8-7-9(13-3-12-8)15(4-14-7)10-6(17)1-5(2-16)18-10;2*1-5(2,3)4/h3-6,10,16-17H,1-2H2,(H2,11,12,13);2*(H3,1,2,3,4)/t5-,6+,10+;;/m0../s1. The molecule has 1 fully saturated rings. The van der Waals surface area contributed by atoms with Gasteiger partial charge in [-0.3, -0.25) is 4.57 Å². The minimum absolute atomic E-state index is 0.128. The van der Waals surface area contributed by atoms with E-state index in [0.29, 0.717) is 17.6 Å². The van der Waals surface area contributed by atoms with Crippen LogP contribution in [0, 0.1) is 0 Å². The molecule has 3 heterocycles. The van der Waals surface area contributed by atoms with Crippen LogP contribution in [0.5, 0.6) is 0 Å². The highest BCUT2D eigenvalue weighted by Crippen LogP contribution is 2.31. The van der Waals surface area contributed by atoms with Crippen molar-refractivity contribution in [2.24, 2.45) is 0 Å². The zero-order valence-corrected chi connectivity index (χ0v) is 15.7. The van der Waals surface area contributed by atoms with Crippen molar-refractivity contribution in [3.63, 3.8) is 0 Å². The Morgan fingerprint density at radius 3 is 2.11 bits per heavy atom. The van der Waals surface area contributed by atoms with Gasteiger partial charge in [0, 0.05) is 6.42 Å². The summed E-state index contributed by atoms with van der Waals surface area (Å²) in [4.78, 5) is 55.2. The molecule has 0 bridgehead atoms. The van der Waals surface area contributed by atoms with Crippen molar-refractivity contribution in [1.29, 1.82) is 0 Å². The van der Waals surface area contributed by atoms with E-state index >= 15 is 0 Å². The van der Waals surface area contributed by atoms with Crippen LogP contribution in [0.2, 0.25) is 0 Å². The average Bonchev–Trinajstić information content (AvgIpc) is 3.08. The van der Waals surface area contributed by atoms with E-state index in [0.717, 1.165) is 0 Å². The fraction of sp³-hybridized carbons (Fsp3) is 0.500. The number of phosphoric acid groups is 2. The molecule has 16 nitrogen and oxygen atoms in total. The number of nitrogen functional groups attached to an aromatic ring is 1. The molecule has 1 aliphatic rings. The fourth-order valence-corrected chi connectivity index (χ4v) is 2.15. The fourth-order valence-electron chi connectivity index (χ4n) is 2.15. The van der Waals surface area contributed by atoms with Gasteiger partial charge in [-0.2, -0.15) is 0 Å². The summed E-state index contributed by atoms with van der Waals surface area (Å²) in [7, 11) is -9.28. The molecule has 2 aromatic heterocycles. The second-order valence-corrected chi connectivity index (χ2v) is 7.30. The third-order valence-electron chi connectivity index (χ3n) is 3.03. The van der Waals surface area contributed by atoms with Gasteiger partial charge in [-0.1, -0.05) is 0 Å². The first-order chi connectivity index (χ1) is 12.7. The number of anilines is 1. The first-order valence-corrected chi connectivity index (χ1v) is 10.3.